The second-order valence-electron chi connectivity index (χ2n) is 4.98. The average Bonchev–Trinajstić information content (AvgIpc) is 3.15. The van der Waals surface area contributed by atoms with Crippen LogP contribution in [-0.4, -0.2) is 16.7 Å². The summed E-state index contributed by atoms with van der Waals surface area (Å²) in [5.74, 6) is 1.14. The molecule has 0 atom stereocenters. The molecule has 0 spiro atoms. The molecule has 5 heteroatoms. The topological polar surface area (TPSA) is 51.0 Å². The van der Waals surface area contributed by atoms with Crippen molar-refractivity contribution in [3.8, 4) is 22.8 Å². The third-order valence-electron chi connectivity index (χ3n) is 3.58. The van der Waals surface area contributed by atoms with Crippen LogP contribution in [0.5, 0.6) is 0 Å². The van der Waals surface area contributed by atoms with Crippen molar-refractivity contribution >= 4 is 21.6 Å². The number of nitrogens with zero attached hydrogens (tertiary/aromatic N) is 2. The summed E-state index contributed by atoms with van der Waals surface area (Å²) in [6.07, 6.45) is 1.07. The fourth-order valence-corrected chi connectivity index (χ4v) is 2.91. The van der Waals surface area contributed by atoms with E-state index in [4.69, 9.17) is 4.52 Å². The summed E-state index contributed by atoms with van der Waals surface area (Å²) in [6, 6.07) is 14.1. The van der Waals surface area contributed by atoms with Gasteiger partial charge in [-0.15, -0.1) is 0 Å². The number of nitrogens with one attached hydrogen (secondary N) is 1. The zero-order chi connectivity index (χ0) is 14.2. The lowest BCUT2D eigenvalue weighted by molar-refractivity contribution is 0.432. The molecule has 2 aromatic carbocycles. The Balaban J connectivity index is 1.71. The molecule has 0 unspecified atom stereocenters. The Bertz CT molecular complexity index is 813. The van der Waals surface area contributed by atoms with E-state index in [1.807, 2.05) is 30.3 Å². The van der Waals surface area contributed by atoms with E-state index in [1.165, 1.54) is 5.56 Å². The minimum atomic E-state index is 0.543. The molecular formula is C16H12BrN3O. The number of fused-ring (bicyclic) bond motifs is 1. The highest BCUT2D eigenvalue weighted by atomic mass is 79.9. The van der Waals surface area contributed by atoms with Crippen molar-refractivity contribution in [1.29, 1.82) is 0 Å². The van der Waals surface area contributed by atoms with Crippen LogP contribution >= 0.6 is 15.9 Å². The van der Waals surface area contributed by atoms with E-state index in [2.05, 4.69) is 43.5 Å². The minimum Gasteiger partial charge on any atom is -0.384 e. The SMILES string of the molecule is Brc1cccc(-c2noc(-c3ccc4c(c3)NCC4)n2)c1. The van der Waals surface area contributed by atoms with E-state index < -0.39 is 0 Å². The predicted octanol–water partition coefficient (Wildman–Crippen LogP) is 4.13. The largest absolute Gasteiger partial charge is 0.384 e. The molecule has 4 nitrogen and oxygen atoms in total. The van der Waals surface area contributed by atoms with E-state index in [9.17, 15) is 0 Å². The number of halogens is 1. The quantitative estimate of drug-likeness (QED) is 0.761. The van der Waals surface area contributed by atoms with Crippen molar-refractivity contribution in [2.24, 2.45) is 0 Å². The number of hydrogen-bond donors (Lipinski definition) is 1. The summed E-state index contributed by atoms with van der Waals surface area (Å²) in [6.45, 7) is 0.992. The monoisotopic (exact) mass is 341 g/mol. The summed E-state index contributed by atoms with van der Waals surface area (Å²) >= 11 is 3.45. The third kappa shape index (κ3) is 2.34. The van der Waals surface area contributed by atoms with Crippen LogP contribution < -0.4 is 5.32 Å². The normalized spacial score (nSPS) is 13.0. The van der Waals surface area contributed by atoms with Gasteiger partial charge in [0, 0.05) is 27.8 Å². The first kappa shape index (κ1) is 12.6. The lowest BCUT2D eigenvalue weighted by Crippen LogP contribution is -1.91. The van der Waals surface area contributed by atoms with E-state index in [1.54, 1.807) is 0 Å². The fourth-order valence-electron chi connectivity index (χ4n) is 2.51. The molecule has 0 saturated heterocycles. The molecule has 1 aliphatic rings. The number of aromatic nitrogens is 2. The van der Waals surface area contributed by atoms with Crippen molar-refractivity contribution in [3.05, 3.63) is 52.5 Å². The molecule has 1 aliphatic heterocycles. The third-order valence-corrected chi connectivity index (χ3v) is 4.07. The Kier molecular flexibility index (Phi) is 3.00. The fraction of sp³-hybridized carbons (Fsp3) is 0.125. The number of anilines is 1. The molecule has 0 saturated carbocycles. The van der Waals surface area contributed by atoms with Gasteiger partial charge in [0.05, 0.1) is 0 Å². The number of benzene rings is 2. The average molecular weight is 342 g/mol. The van der Waals surface area contributed by atoms with Gasteiger partial charge in [-0.3, -0.25) is 0 Å². The first-order valence-electron chi connectivity index (χ1n) is 6.76. The van der Waals surface area contributed by atoms with Crippen molar-refractivity contribution in [2.45, 2.75) is 6.42 Å². The van der Waals surface area contributed by atoms with Crippen molar-refractivity contribution in [2.75, 3.05) is 11.9 Å². The van der Waals surface area contributed by atoms with Gasteiger partial charge >= 0.3 is 0 Å². The highest BCUT2D eigenvalue weighted by Crippen LogP contribution is 2.29. The first-order chi connectivity index (χ1) is 10.3. The van der Waals surface area contributed by atoms with E-state index in [0.717, 1.165) is 34.3 Å². The van der Waals surface area contributed by atoms with E-state index in [0.29, 0.717) is 11.7 Å². The highest BCUT2D eigenvalue weighted by molar-refractivity contribution is 9.10. The van der Waals surface area contributed by atoms with Crippen LogP contribution in [0.3, 0.4) is 0 Å². The molecule has 1 N–H and O–H groups in total. The number of hydrogen-bond acceptors (Lipinski definition) is 4. The summed E-state index contributed by atoms with van der Waals surface area (Å²) in [4.78, 5) is 4.49. The van der Waals surface area contributed by atoms with Gasteiger partial charge in [-0.1, -0.05) is 39.3 Å². The van der Waals surface area contributed by atoms with Gasteiger partial charge in [0.15, 0.2) is 0 Å². The highest BCUT2D eigenvalue weighted by Gasteiger charge is 2.15. The van der Waals surface area contributed by atoms with Gasteiger partial charge in [0.1, 0.15) is 0 Å². The van der Waals surface area contributed by atoms with Gasteiger partial charge < -0.3 is 9.84 Å². The Morgan fingerprint density at radius 1 is 1.10 bits per heavy atom. The summed E-state index contributed by atoms with van der Waals surface area (Å²) in [7, 11) is 0. The zero-order valence-electron chi connectivity index (χ0n) is 11.1. The summed E-state index contributed by atoms with van der Waals surface area (Å²) in [5.41, 5.74) is 4.37. The Morgan fingerprint density at radius 2 is 2.05 bits per heavy atom. The minimum absolute atomic E-state index is 0.543. The first-order valence-corrected chi connectivity index (χ1v) is 7.56. The zero-order valence-corrected chi connectivity index (χ0v) is 12.7. The Hall–Kier alpha value is -2.14. The molecule has 21 heavy (non-hydrogen) atoms. The van der Waals surface area contributed by atoms with Gasteiger partial charge in [-0.25, -0.2) is 0 Å². The van der Waals surface area contributed by atoms with Crippen LogP contribution in [0, 0.1) is 0 Å². The van der Waals surface area contributed by atoms with Gasteiger partial charge in [0.25, 0.3) is 5.89 Å². The predicted molar refractivity (Wildman–Crippen MR) is 85.1 cm³/mol. The molecule has 3 aromatic rings. The van der Waals surface area contributed by atoms with Crippen LogP contribution in [0.1, 0.15) is 5.56 Å². The van der Waals surface area contributed by atoms with Gasteiger partial charge in [-0.05, 0) is 36.2 Å². The van der Waals surface area contributed by atoms with E-state index in [-0.39, 0.29) is 0 Å². The molecule has 2 heterocycles. The summed E-state index contributed by atoms with van der Waals surface area (Å²) in [5, 5.41) is 7.43. The number of rotatable bonds is 2. The molecule has 104 valence electrons. The van der Waals surface area contributed by atoms with Crippen LogP contribution in [0.2, 0.25) is 0 Å². The van der Waals surface area contributed by atoms with Crippen LogP contribution in [0.25, 0.3) is 22.8 Å². The van der Waals surface area contributed by atoms with E-state index >= 15 is 0 Å². The summed E-state index contributed by atoms with van der Waals surface area (Å²) < 4.78 is 6.39. The Labute approximate surface area is 130 Å². The lowest BCUT2D eigenvalue weighted by Gasteiger charge is -2.00. The maximum absolute atomic E-state index is 5.40. The molecule has 0 radical (unpaired) electrons. The van der Waals surface area contributed by atoms with Crippen LogP contribution in [-0.2, 0) is 6.42 Å². The van der Waals surface area contributed by atoms with Crippen LogP contribution in [0.15, 0.2) is 51.5 Å². The molecular weight excluding hydrogens is 330 g/mol. The Morgan fingerprint density at radius 3 is 2.95 bits per heavy atom. The molecule has 0 bridgehead atoms. The second kappa shape index (κ2) is 5.00. The molecule has 0 amide bonds. The van der Waals surface area contributed by atoms with Gasteiger partial charge in [-0.2, -0.15) is 4.98 Å². The molecule has 4 rings (SSSR count). The van der Waals surface area contributed by atoms with Gasteiger partial charge in [0.2, 0.25) is 5.82 Å². The van der Waals surface area contributed by atoms with Crippen LogP contribution in [0.4, 0.5) is 5.69 Å². The smallest absolute Gasteiger partial charge is 0.258 e. The maximum atomic E-state index is 5.40. The van der Waals surface area contributed by atoms with Crippen molar-refractivity contribution in [3.63, 3.8) is 0 Å². The van der Waals surface area contributed by atoms with Crippen molar-refractivity contribution in [1.82, 2.24) is 10.1 Å². The standard InChI is InChI=1S/C16H12BrN3O/c17-13-3-1-2-11(8-13)15-19-16(21-20-15)12-5-4-10-6-7-18-14(10)9-12/h1-5,8-9,18H,6-7H2. The molecule has 0 aliphatic carbocycles. The molecule has 1 aromatic heterocycles. The lowest BCUT2D eigenvalue weighted by atomic mass is 10.1. The maximum Gasteiger partial charge on any atom is 0.258 e. The molecule has 0 fully saturated rings. The second-order valence-corrected chi connectivity index (χ2v) is 5.90. The van der Waals surface area contributed by atoms with Crippen molar-refractivity contribution < 1.29 is 4.52 Å².